The quantitative estimate of drug-likeness (QED) is 0.753. The summed E-state index contributed by atoms with van der Waals surface area (Å²) in [6, 6.07) is 4.95. The molecular weight excluding hydrogens is 219 g/mol. The average molecular weight is 238 g/mol. The summed E-state index contributed by atoms with van der Waals surface area (Å²) in [5.41, 5.74) is 6.61. The molecule has 0 aromatic heterocycles. The minimum atomic E-state index is -0.396. The van der Waals surface area contributed by atoms with Crippen LogP contribution in [0.15, 0.2) is 18.2 Å². The van der Waals surface area contributed by atoms with E-state index in [0.717, 1.165) is 37.3 Å². The summed E-state index contributed by atoms with van der Waals surface area (Å²) in [5, 5.41) is 12.7. The third kappa shape index (κ3) is 3.68. The van der Waals surface area contributed by atoms with Gasteiger partial charge in [-0.3, -0.25) is 0 Å². The molecule has 1 fully saturated rings. The lowest BCUT2D eigenvalue weighted by Gasteiger charge is -2.27. The van der Waals surface area contributed by atoms with Gasteiger partial charge in [-0.05, 0) is 43.4 Å². The highest BCUT2D eigenvalue weighted by Gasteiger charge is 2.17. The Kier molecular flexibility index (Phi) is 3.97. The Labute approximate surface area is 101 Å². The molecule has 0 radical (unpaired) electrons. The maximum atomic E-state index is 13.0. The van der Waals surface area contributed by atoms with E-state index in [1.807, 2.05) is 0 Å². The second kappa shape index (κ2) is 5.47. The summed E-state index contributed by atoms with van der Waals surface area (Å²) >= 11 is 0. The van der Waals surface area contributed by atoms with Crippen molar-refractivity contribution < 1.29 is 9.50 Å². The first-order chi connectivity index (χ1) is 8.13. The summed E-state index contributed by atoms with van der Waals surface area (Å²) in [4.78, 5) is 0. The van der Waals surface area contributed by atoms with Gasteiger partial charge in [-0.15, -0.1) is 0 Å². The molecule has 2 rings (SSSR count). The summed E-state index contributed by atoms with van der Waals surface area (Å²) < 4.78 is 13.0. The lowest BCUT2D eigenvalue weighted by Crippen LogP contribution is -2.37. The summed E-state index contributed by atoms with van der Waals surface area (Å²) in [5.74, 6) is -0.417. The number of nitrogens with two attached hydrogens (primary N) is 1. The Hall–Kier alpha value is -1.13. The van der Waals surface area contributed by atoms with Crippen LogP contribution in [0, 0.1) is 5.82 Å². The van der Waals surface area contributed by atoms with Gasteiger partial charge < -0.3 is 16.2 Å². The first-order valence-electron chi connectivity index (χ1n) is 6.11. The molecule has 0 amide bonds. The molecule has 17 heavy (non-hydrogen) atoms. The Morgan fingerprint density at radius 3 is 2.59 bits per heavy atom. The highest BCUT2D eigenvalue weighted by atomic mass is 19.1. The van der Waals surface area contributed by atoms with Gasteiger partial charge in [-0.25, -0.2) is 4.39 Å². The second-order valence-electron chi connectivity index (χ2n) is 4.81. The van der Waals surface area contributed by atoms with Crippen molar-refractivity contribution in [1.29, 1.82) is 0 Å². The van der Waals surface area contributed by atoms with Crippen LogP contribution in [0.25, 0.3) is 0 Å². The average Bonchev–Trinajstić information content (AvgIpc) is 2.27. The number of benzene rings is 1. The van der Waals surface area contributed by atoms with Crippen LogP contribution in [0.4, 0.5) is 4.39 Å². The molecular formula is C13H19FN2O. The SMILES string of the molecule is NC1CCC(NCc2cc(O)cc(F)c2)CC1. The van der Waals surface area contributed by atoms with E-state index < -0.39 is 5.82 Å². The summed E-state index contributed by atoms with van der Waals surface area (Å²) in [6.45, 7) is 0.589. The first-order valence-corrected chi connectivity index (χ1v) is 6.11. The van der Waals surface area contributed by atoms with Gasteiger partial charge in [0.15, 0.2) is 0 Å². The van der Waals surface area contributed by atoms with Gasteiger partial charge in [-0.2, -0.15) is 0 Å². The lowest BCUT2D eigenvalue weighted by atomic mass is 9.92. The van der Waals surface area contributed by atoms with Crippen molar-refractivity contribution in [2.45, 2.75) is 44.3 Å². The van der Waals surface area contributed by atoms with E-state index in [0.29, 0.717) is 18.6 Å². The van der Waals surface area contributed by atoms with Crippen LogP contribution in [0.2, 0.25) is 0 Å². The number of hydrogen-bond donors (Lipinski definition) is 3. The first kappa shape index (κ1) is 12.3. The maximum absolute atomic E-state index is 13.0. The molecule has 3 nitrogen and oxygen atoms in total. The van der Waals surface area contributed by atoms with E-state index in [2.05, 4.69) is 5.32 Å². The Bertz CT molecular complexity index is 355. The molecule has 1 aliphatic carbocycles. The van der Waals surface area contributed by atoms with Crippen LogP contribution < -0.4 is 11.1 Å². The molecule has 4 heteroatoms. The van der Waals surface area contributed by atoms with Gasteiger partial charge in [-0.1, -0.05) is 0 Å². The number of aromatic hydroxyl groups is 1. The predicted octanol–water partition coefficient (Wildman–Crippen LogP) is 1.89. The molecule has 0 heterocycles. The molecule has 0 aliphatic heterocycles. The molecule has 1 aliphatic rings. The standard InChI is InChI=1S/C13H19FN2O/c14-10-5-9(6-13(17)7-10)8-16-12-3-1-11(15)2-4-12/h5-7,11-12,16-17H,1-4,8,15H2. The fourth-order valence-corrected chi connectivity index (χ4v) is 2.32. The zero-order chi connectivity index (χ0) is 12.3. The van der Waals surface area contributed by atoms with Gasteiger partial charge in [0.2, 0.25) is 0 Å². The number of nitrogens with one attached hydrogen (secondary N) is 1. The van der Waals surface area contributed by atoms with Crippen molar-refractivity contribution in [2.24, 2.45) is 5.73 Å². The van der Waals surface area contributed by atoms with Crippen molar-refractivity contribution in [2.75, 3.05) is 0 Å². The van der Waals surface area contributed by atoms with E-state index in [1.165, 1.54) is 6.07 Å². The second-order valence-corrected chi connectivity index (χ2v) is 4.81. The topological polar surface area (TPSA) is 58.3 Å². The maximum Gasteiger partial charge on any atom is 0.127 e. The molecule has 1 aromatic carbocycles. The van der Waals surface area contributed by atoms with Crippen molar-refractivity contribution in [3.8, 4) is 5.75 Å². The van der Waals surface area contributed by atoms with E-state index >= 15 is 0 Å². The highest BCUT2D eigenvalue weighted by molar-refractivity contribution is 5.28. The molecule has 94 valence electrons. The third-order valence-electron chi connectivity index (χ3n) is 3.31. The van der Waals surface area contributed by atoms with Gasteiger partial charge in [0.05, 0.1) is 0 Å². The van der Waals surface area contributed by atoms with E-state index in [9.17, 15) is 9.50 Å². The van der Waals surface area contributed by atoms with Crippen molar-refractivity contribution in [3.05, 3.63) is 29.6 Å². The third-order valence-corrected chi connectivity index (χ3v) is 3.31. The van der Waals surface area contributed by atoms with Crippen LogP contribution in [0.5, 0.6) is 5.75 Å². The van der Waals surface area contributed by atoms with Crippen LogP contribution in [0.3, 0.4) is 0 Å². The fraction of sp³-hybridized carbons (Fsp3) is 0.538. The minimum absolute atomic E-state index is 0.0209. The number of phenolic OH excluding ortho intramolecular Hbond substituents is 1. The number of halogens is 1. The smallest absolute Gasteiger partial charge is 0.127 e. The Balaban J connectivity index is 1.85. The largest absolute Gasteiger partial charge is 0.508 e. The van der Waals surface area contributed by atoms with Crippen molar-refractivity contribution in [1.82, 2.24) is 5.32 Å². The Morgan fingerprint density at radius 2 is 1.94 bits per heavy atom. The number of phenols is 1. The molecule has 0 bridgehead atoms. The van der Waals surface area contributed by atoms with Gasteiger partial charge >= 0.3 is 0 Å². The van der Waals surface area contributed by atoms with Gasteiger partial charge in [0, 0.05) is 24.7 Å². The van der Waals surface area contributed by atoms with Crippen molar-refractivity contribution in [3.63, 3.8) is 0 Å². The van der Waals surface area contributed by atoms with E-state index in [1.54, 1.807) is 6.07 Å². The van der Waals surface area contributed by atoms with E-state index in [-0.39, 0.29) is 5.75 Å². The highest BCUT2D eigenvalue weighted by Crippen LogP contribution is 2.18. The summed E-state index contributed by atoms with van der Waals surface area (Å²) in [7, 11) is 0. The zero-order valence-electron chi connectivity index (χ0n) is 9.82. The van der Waals surface area contributed by atoms with Crippen LogP contribution in [-0.4, -0.2) is 17.2 Å². The fourth-order valence-electron chi connectivity index (χ4n) is 2.32. The minimum Gasteiger partial charge on any atom is -0.508 e. The monoisotopic (exact) mass is 238 g/mol. The zero-order valence-corrected chi connectivity index (χ0v) is 9.82. The normalized spacial score (nSPS) is 24.8. The Morgan fingerprint density at radius 1 is 1.24 bits per heavy atom. The van der Waals surface area contributed by atoms with Crippen molar-refractivity contribution >= 4 is 0 Å². The lowest BCUT2D eigenvalue weighted by molar-refractivity contribution is 0.341. The number of hydrogen-bond acceptors (Lipinski definition) is 3. The predicted molar refractivity (Wildman–Crippen MR) is 65.1 cm³/mol. The molecule has 0 spiro atoms. The molecule has 1 saturated carbocycles. The van der Waals surface area contributed by atoms with Crippen LogP contribution in [0.1, 0.15) is 31.2 Å². The number of rotatable bonds is 3. The molecule has 0 unspecified atom stereocenters. The summed E-state index contributed by atoms with van der Waals surface area (Å²) in [6.07, 6.45) is 4.24. The van der Waals surface area contributed by atoms with Crippen LogP contribution in [-0.2, 0) is 6.54 Å². The van der Waals surface area contributed by atoms with E-state index in [4.69, 9.17) is 5.73 Å². The van der Waals surface area contributed by atoms with Crippen LogP contribution >= 0.6 is 0 Å². The molecule has 0 atom stereocenters. The molecule has 4 N–H and O–H groups in total. The van der Waals surface area contributed by atoms with Gasteiger partial charge in [0.25, 0.3) is 0 Å². The van der Waals surface area contributed by atoms with Gasteiger partial charge in [0.1, 0.15) is 11.6 Å². The molecule has 1 aromatic rings. The molecule has 0 saturated heterocycles.